The normalized spacial score (nSPS) is 18.4. The number of rotatable bonds is 4. The first kappa shape index (κ1) is 24.5. The van der Waals surface area contributed by atoms with Gasteiger partial charge in [-0.3, -0.25) is 4.90 Å². The standard InChI is InChI=1S/C18H16Cl2F6N4O2/c19-11-2-1-10(13(5-11)30-8-12(20)6-27-30)7-28-3-4-29(16(31)32)9-14(28)15(17(21,22)23)18(24,25)26/h1-2,5-6,8,14-15H,3-4,7,9H2,(H,31,32). The molecule has 1 amide bonds. The van der Waals surface area contributed by atoms with E-state index in [0.717, 1.165) is 4.90 Å². The Morgan fingerprint density at radius 3 is 2.31 bits per heavy atom. The van der Waals surface area contributed by atoms with Gasteiger partial charge in [0.15, 0.2) is 5.92 Å². The van der Waals surface area contributed by atoms with Crippen LogP contribution in [0, 0.1) is 5.92 Å². The summed E-state index contributed by atoms with van der Waals surface area (Å²) in [6, 6.07) is 2.18. The molecular formula is C18H16Cl2F6N4O2. The molecule has 1 unspecified atom stereocenters. The van der Waals surface area contributed by atoms with Crippen molar-refractivity contribution in [2.24, 2.45) is 5.92 Å². The minimum Gasteiger partial charge on any atom is -0.465 e. The lowest BCUT2D eigenvalue weighted by Gasteiger charge is -2.44. The van der Waals surface area contributed by atoms with Crippen LogP contribution in [0.4, 0.5) is 31.1 Å². The molecule has 3 rings (SSSR count). The Hall–Kier alpha value is -2.18. The molecule has 1 fully saturated rings. The number of carbonyl (C=O) groups is 1. The SMILES string of the molecule is O=C(O)N1CCN(Cc2ccc(Cl)cc2-n2cc(Cl)cn2)C(C(C(F)(F)F)C(F)(F)F)C1. The van der Waals surface area contributed by atoms with E-state index < -0.39 is 37.0 Å². The van der Waals surface area contributed by atoms with E-state index in [1.165, 1.54) is 35.3 Å². The molecule has 14 heteroatoms. The predicted octanol–water partition coefficient (Wildman–Crippen LogP) is 5.08. The molecule has 0 radical (unpaired) electrons. The zero-order valence-electron chi connectivity index (χ0n) is 16.0. The second-order valence-corrected chi connectivity index (χ2v) is 8.08. The van der Waals surface area contributed by atoms with Crippen molar-refractivity contribution in [3.63, 3.8) is 0 Å². The highest BCUT2D eigenvalue weighted by Gasteiger charge is 2.62. The molecule has 0 saturated carbocycles. The fraction of sp³-hybridized carbons (Fsp3) is 0.444. The zero-order valence-corrected chi connectivity index (χ0v) is 17.5. The van der Waals surface area contributed by atoms with Gasteiger partial charge in [0, 0.05) is 43.4 Å². The number of halogens is 8. The lowest BCUT2D eigenvalue weighted by Crippen LogP contribution is -2.62. The minimum absolute atomic E-state index is 0.245. The first-order valence-corrected chi connectivity index (χ1v) is 9.87. The number of benzene rings is 1. The van der Waals surface area contributed by atoms with Gasteiger partial charge in [0.25, 0.3) is 0 Å². The number of aromatic nitrogens is 2. The van der Waals surface area contributed by atoms with E-state index in [4.69, 9.17) is 28.3 Å². The van der Waals surface area contributed by atoms with Crippen LogP contribution in [0.5, 0.6) is 0 Å². The van der Waals surface area contributed by atoms with E-state index in [1.54, 1.807) is 0 Å². The molecule has 1 aromatic carbocycles. The Labute approximate surface area is 187 Å². The van der Waals surface area contributed by atoms with Crippen LogP contribution in [0.15, 0.2) is 30.6 Å². The van der Waals surface area contributed by atoms with E-state index in [1.807, 2.05) is 0 Å². The van der Waals surface area contributed by atoms with E-state index >= 15 is 0 Å². The maximum absolute atomic E-state index is 13.5. The Balaban J connectivity index is 2.01. The Morgan fingerprint density at radius 2 is 1.78 bits per heavy atom. The van der Waals surface area contributed by atoms with Crippen molar-refractivity contribution < 1.29 is 36.2 Å². The highest BCUT2D eigenvalue weighted by Crippen LogP contribution is 2.44. The van der Waals surface area contributed by atoms with Gasteiger partial charge in [-0.1, -0.05) is 29.3 Å². The third-order valence-electron chi connectivity index (χ3n) is 5.11. The van der Waals surface area contributed by atoms with Crippen LogP contribution in [-0.2, 0) is 6.54 Å². The first-order chi connectivity index (χ1) is 14.8. The minimum atomic E-state index is -5.62. The molecule has 2 aromatic rings. The van der Waals surface area contributed by atoms with Crippen LogP contribution < -0.4 is 0 Å². The van der Waals surface area contributed by atoms with E-state index in [-0.39, 0.29) is 29.7 Å². The van der Waals surface area contributed by atoms with Crippen LogP contribution in [0.2, 0.25) is 10.0 Å². The fourth-order valence-corrected chi connectivity index (χ4v) is 3.99. The highest BCUT2D eigenvalue weighted by atomic mass is 35.5. The summed E-state index contributed by atoms with van der Waals surface area (Å²) in [5, 5.41) is 13.7. The molecule has 1 atom stereocenters. The van der Waals surface area contributed by atoms with Gasteiger partial charge in [0.1, 0.15) is 0 Å². The molecule has 1 aliphatic rings. The van der Waals surface area contributed by atoms with Gasteiger partial charge in [0.2, 0.25) is 0 Å². The zero-order chi connectivity index (χ0) is 23.8. The number of amides is 1. The number of hydrogen-bond donors (Lipinski definition) is 1. The maximum atomic E-state index is 13.5. The molecule has 1 N–H and O–H groups in total. The number of nitrogens with zero attached hydrogens (tertiary/aromatic N) is 4. The molecule has 6 nitrogen and oxygen atoms in total. The predicted molar refractivity (Wildman–Crippen MR) is 103 cm³/mol. The van der Waals surface area contributed by atoms with Gasteiger partial charge in [-0.25, -0.2) is 9.48 Å². The van der Waals surface area contributed by atoms with Crippen LogP contribution in [0.3, 0.4) is 0 Å². The van der Waals surface area contributed by atoms with Gasteiger partial charge >= 0.3 is 18.4 Å². The molecule has 32 heavy (non-hydrogen) atoms. The van der Waals surface area contributed by atoms with Crippen molar-refractivity contribution in [1.29, 1.82) is 0 Å². The number of piperazine rings is 1. The maximum Gasteiger partial charge on any atom is 0.407 e. The van der Waals surface area contributed by atoms with Crippen molar-refractivity contribution in [1.82, 2.24) is 19.6 Å². The Bertz CT molecular complexity index is 967. The number of hydrogen-bond acceptors (Lipinski definition) is 3. The lowest BCUT2D eigenvalue weighted by molar-refractivity contribution is -0.302. The second-order valence-electron chi connectivity index (χ2n) is 7.20. The van der Waals surface area contributed by atoms with Gasteiger partial charge in [-0.2, -0.15) is 31.4 Å². The summed E-state index contributed by atoms with van der Waals surface area (Å²) < 4.78 is 82.2. The summed E-state index contributed by atoms with van der Waals surface area (Å²) in [5.41, 5.74) is 0.658. The fourth-order valence-electron chi connectivity index (χ4n) is 3.69. The summed E-state index contributed by atoms with van der Waals surface area (Å²) in [4.78, 5) is 12.8. The molecule has 1 aromatic heterocycles. The molecule has 1 aliphatic heterocycles. The van der Waals surface area contributed by atoms with E-state index in [0.29, 0.717) is 16.2 Å². The quantitative estimate of drug-likeness (QED) is 0.589. The van der Waals surface area contributed by atoms with Gasteiger partial charge in [-0.15, -0.1) is 0 Å². The summed E-state index contributed by atoms with van der Waals surface area (Å²) in [6.45, 7) is -1.85. The Morgan fingerprint density at radius 1 is 1.12 bits per heavy atom. The third-order valence-corrected chi connectivity index (χ3v) is 5.54. The van der Waals surface area contributed by atoms with Gasteiger partial charge in [0.05, 0.1) is 16.9 Å². The summed E-state index contributed by atoms with van der Waals surface area (Å²) in [6.07, 6.45) is -10.1. The first-order valence-electron chi connectivity index (χ1n) is 9.11. The van der Waals surface area contributed by atoms with Crippen LogP contribution in [-0.4, -0.2) is 68.8 Å². The van der Waals surface area contributed by atoms with E-state index in [9.17, 15) is 31.1 Å². The summed E-state index contributed by atoms with van der Waals surface area (Å²) in [7, 11) is 0. The molecule has 0 spiro atoms. The Kier molecular flexibility index (Phi) is 6.87. The second kappa shape index (κ2) is 8.99. The smallest absolute Gasteiger partial charge is 0.407 e. The van der Waals surface area contributed by atoms with Crippen molar-refractivity contribution in [2.45, 2.75) is 24.9 Å². The molecule has 0 aliphatic carbocycles. The largest absolute Gasteiger partial charge is 0.465 e. The number of carboxylic acid groups (broad SMARTS) is 1. The summed E-state index contributed by atoms with van der Waals surface area (Å²) >= 11 is 11.9. The molecular weight excluding hydrogens is 489 g/mol. The molecule has 0 bridgehead atoms. The average Bonchev–Trinajstić information content (AvgIpc) is 3.08. The molecule has 1 saturated heterocycles. The third kappa shape index (κ3) is 5.41. The van der Waals surface area contributed by atoms with Crippen molar-refractivity contribution >= 4 is 29.3 Å². The lowest BCUT2D eigenvalue weighted by atomic mass is 9.93. The van der Waals surface area contributed by atoms with Crippen molar-refractivity contribution in [2.75, 3.05) is 19.6 Å². The highest BCUT2D eigenvalue weighted by molar-refractivity contribution is 6.31. The van der Waals surface area contributed by atoms with Crippen LogP contribution in [0.1, 0.15) is 5.56 Å². The van der Waals surface area contributed by atoms with E-state index in [2.05, 4.69) is 5.10 Å². The van der Waals surface area contributed by atoms with Crippen LogP contribution >= 0.6 is 23.2 Å². The van der Waals surface area contributed by atoms with Crippen molar-refractivity contribution in [3.8, 4) is 5.69 Å². The molecule has 2 heterocycles. The molecule has 176 valence electrons. The summed E-state index contributed by atoms with van der Waals surface area (Å²) in [5.74, 6) is -3.73. The van der Waals surface area contributed by atoms with Crippen LogP contribution in [0.25, 0.3) is 5.69 Å². The van der Waals surface area contributed by atoms with Crippen molar-refractivity contribution in [3.05, 3.63) is 46.2 Å². The van der Waals surface area contributed by atoms with Gasteiger partial charge in [-0.05, 0) is 17.7 Å². The average molecular weight is 505 g/mol. The number of alkyl halides is 6. The monoisotopic (exact) mass is 504 g/mol. The van der Waals surface area contributed by atoms with Gasteiger partial charge < -0.3 is 10.0 Å². The topological polar surface area (TPSA) is 61.6 Å².